The van der Waals surface area contributed by atoms with Crippen molar-refractivity contribution < 1.29 is 0 Å². The van der Waals surface area contributed by atoms with Crippen LogP contribution in [0.1, 0.15) is 102 Å². The van der Waals surface area contributed by atoms with E-state index in [0.29, 0.717) is 5.56 Å². The second-order valence-corrected chi connectivity index (χ2v) is 21.0. The Bertz CT molecular complexity index is 4760. The molecule has 0 saturated heterocycles. The molecule has 0 N–H and O–H groups in total. The number of nitrogens with zero attached hydrogens (tertiary/aromatic N) is 3. The van der Waals surface area contributed by atoms with Crippen LogP contribution in [-0.2, 0) is 5.41 Å². The Labute approximate surface area is 414 Å². The lowest BCUT2D eigenvalue weighted by Gasteiger charge is -2.59. The van der Waals surface area contributed by atoms with Gasteiger partial charge in [0.25, 0.3) is 0 Å². The van der Waals surface area contributed by atoms with E-state index in [9.17, 15) is 10.5 Å². The van der Waals surface area contributed by atoms with Gasteiger partial charge in [0.2, 0.25) is 0 Å². The lowest BCUT2D eigenvalue weighted by Crippen LogP contribution is -2.53. The molecule has 0 saturated carbocycles. The van der Waals surface area contributed by atoms with Crippen LogP contribution in [0, 0.1) is 22.7 Å². The molecule has 2 aromatic heterocycles. The lowest BCUT2D eigenvalue weighted by molar-refractivity contribution is 0.336. The van der Waals surface area contributed by atoms with Crippen molar-refractivity contribution in [2.24, 2.45) is 0 Å². The molecule has 328 valence electrons. The predicted octanol–water partition coefficient (Wildman–Crippen LogP) is 16.1. The van der Waals surface area contributed by atoms with Crippen molar-refractivity contribution in [1.82, 2.24) is 4.40 Å². The summed E-state index contributed by atoms with van der Waals surface area (Å²) in [5, 5.41) is 32.8. The molecule has 2 heterocycles. The highest BCUT2D eigenvalue weighted by molar-refractivity contribution is 6.34. The number of nitriles is 2. The Morgan fingerprint density at radius 2 is 0.833 bits per heavy atom. The molecule has 2 bridgehead atoms. The fourth-order valence-electron chi connectivity index (χ4n) is 16.1. The van der Waals surface area contributed by atoms with Crippen molar-refractivity contribution in [2.75, 3.05) is 0 Å². The molecular weight excluding hydrogens is 871 g/mol. The lowest BCUT2D eigenvalue weighted by atomic mass is 9.42. The molecule has 11 aromatic carbocycles. The van der Waals surface area contributed by atoms with E-state index in [4.69, 9.17) is 0 Å². The third-order valence-corrected chi connectivity index (χ3v) is 18.4. The summed E-state index contributed by atoms with van der Waals surface area (Å²) in [4.78, 5) is 0. The smallest absolute Gasteiger partial charge is 0.0995 e. The highest BCUT2D eigenvalue weighted by atomic mass is 14.9. The van der Waals surface area contributed by atoms with Gasteiger partial charge in [0.05, 0.1) is 39.8 Å². The first-order valence-electron chi connectivity index (χ1n) is 25.3. The molecule has 3 atom stereocenters. The van der Waals surface area contributed by atoms with E-state index in [0.717, 1.165) is 27.7 Å². The Kier molecular flexibility index (Phi) is 6.64. The Balaban J connectivity index is 1.12. The van der Waals surface area contributed by atoms with Gasteiger partial charge in [-0.25, -0.2) is 0 Å². The van der Waals surface area contributed by atoms with Crippen molar-refractivity contribution in [1.29, 1.82) is 10.5 Å². The normalized spacial score (nSPS) is 20.0. The van der Waals surface area contributed by atoms with Gasteiger partial charge in [0.15, 0.2) is 0 Å². The minimum atomic E-state index is -0.327. The van der Waals surface area contributed by atoms with E-state index in [1.165, 1.54) is 127 Å². The van der Waals surface area contributed by atoms with E-state index in [1.807, 2.05) is 0 Å². The van der Waals surface area contributed by atoms with Crippen LogP contribution in [0.15, 0.2) is 200 Å². The van der Waals surface area contributed by atoms with Crippen LogP contribution in [0.3, 0.4) is 0 Å². The fraction of sp³-hybridized carbons (Fsp3) is 0.0725. The molecule has 6 aliphatic rings. The maximum absolute atomic E-state index is 11.6. The molecule has 3 unspecified atom stereocenters. The fourth-order valence-corrected chi connectivity index (χ4v) is 16.1. The summed E-state index contributed by atoms with van der Waals surface area (Å²) < 4.78 is 2.52. The zero-order chi connectivity index (χ0) is 46.9. The molecule has 0 aliphatic heterocycles. The van der Waals surface area contributed by atoms with Crippen molar-refractivity contribution in [3.63, 3.8) is 0 Å². The first-order valence-corrected chi connectivity index (χ1v) is 25.3. The summed E-state index contributed by atoms with van der Waals surface area (Å²) in [7, 11) is 0. The summed E-state index contributed by atoms with van der Waals surface area (Å²) in [5.74, 6) is 0.0836. The average Bonchev–Trinajstić information content (AvgIpc) is 4.02. The van der Waals surface area contributed by atoms with Gasteiger partial charge in [0.1, 0.15) is 0 Å². The molecule has 3 nitrogen and oxygen atoms in total. The molecule has 0 fully saturated rings. The number of aromatic nitrogens is 1. The standard InChI is InChI=1S/C69H37N3/c70-34-38-31-54-62(64-56(38)58-44-21-5-7-23-46(44)59(64)47-24-8-6-22-45(47)58)60-51(42-28-13-17-36-15-1-3-19-40(36)42)33-52(43-29-14-18-37-16-2-4-20-41(37)43)61-63-55(72(54)68(60)61)32-39(35-71)57-66-49-26-10-9-25-48(49)65-50-27-11-12-30-53(50)69(65,66)67(57)63/h1-33,58-59,65-66H. The van der Waals surface area contributed by atoms with Crippen molar-refractivity contribution >= 4 is 59.6 Å². The SMILES string of the molecule is N#Cc1cc2c(c3c1C1c4ccccc4C3c3ccccc31)c1c(-c3cccc4ccccc34)cc(-c3cccc4ccccc34)c3c4c5c(c(C#N)cc4n2c13)C1c2ccccc2C2c3ccccc3C521. The van der Waals surface area contributed by atoms with Crippen LogP contribution < -0.4 is 0 Å². The molecule has 0 radical (unpaired) electrons. The maximum Gasteiger partial charge on any atom is 0.0995 e. The summed E-state index contributed by atoms with van der Waals surface area (Å²) in [6.07, 6.45) is 0. The first-order chi connectivity index (χ1) is 35.7. The third kappa shape index (κ3) is 4.00. The van der Waals surface area contributed by atoms with Crippen LogP contribution >= 0.6 is 0 Å². The van der Waals surface area contributed by atoms with E-state index >= 15 is 0 Å². The molecular formula is C69H37N3. The largest absolute Gasteiger partial charge is 0.308 e. The van der Waals surface area contributed by atoms with E-state index in [1.54, 1.807) is 0 Å². The van der Waals surface area contributed by atoms with E-state index in [2.05, 4.69) is 217 Å². The Morgan fingerprint density at radius 3 is 1.43 bits per heavy atom. The van der Waals surface area contributed by atoms with Gasteiger partial charge in [-0.05, 0) is 129 Å². The van der Waals surface area contributed by atoms with Crippen molar-refractivity contribution in [2.45, 2.75) is 29.1 Å². The van der Waals surface area contributed by atoms with Gasteiger partial charge in [-0.3, -0.25) is 0 Å². The van der Waals surface area contributed by atoms with Crippen LogP contribution in [0.4, 0.5) is 0 Å². The maximum atomic E-state index is 11.6. The van der Waals surface area contributed by atoms with Crippen molar-refractivity contribution in [3.05, 3.63) is 278 Å². The second-order valence-electron chi connectivity index (χ2n) is 21.0. The van der Waals surface area contributed by atoms with Gasteiger partial charge < -0.3 is 4.40 Å². The highest BCUT2D eigenvalue weighted by Crippen LogP contribution is 2.79. The molecule has 13 aromatic rings. The van der Waals surface area contributed by atoms with Gasteiger partial charge in [-0.1, -0.05) is 182 Å². The summed E-state index contributed by atoms with van der Waals surface area (Å²) in [6, 6.07) is 79.9. The number of hydrogen-bond donors (Lipinski definition) is 0. The van der Waals surface area contributed by atoms with Crippen LogP contribution in [0.2, 0.25) is 0 Å². The van der Waals surface area contributed by atoms with Gasteiger partial charge in [-0.15, -0.1) is 0 Å². The summed E-state index contributed by atoms with van der Waals surface area (Å²) in [5.41, 5.74) is 24.6. The minimum Gasteiger partial charge on any atom is -0.308 e. The number of rotatable bonds is 2. The predicted molar refractivity (Wildman–Crippen MR) is 289 cm³/mol. The number of benzene rings is 11. The first kappa shape index (κ1) is 37.6. The molecule has 19 rings (SSSR count). The zero-order valence-corrected chi connectivity index (χ0v) is 38.7. The third-order valence-electron chi connectivity index (χ3n) is 18.4. The van der Waals surface area contributed by atoms with Crippen molar-refractivity contribution in [3.8, 4) is 34.4 Å². The molecule has 6 aliphatic carbocycles. The van der Waals surface area contributed by atoms with E-state index < -0.39 is 0 Å². The molecule has 0 amide bonds. The monoisotopic (exact) mass is 907 g/mol. The van der Waals surface area contributed by atoms with E-state index in [-0.39, 0.29) is 29.1 Å². The quantitative estimate of drug-likeness (QED) is 0.174. The van der Waals surface area contributed by atoms with Crippen LogP contribution in [0.25, 0.3) is 81.9 Å². The van der Waals surface area contributed by atoms with Crippen LogP contribution in [-0.4, -0.2) is 4.40 Å². The number of hydrogen-bond acceptors (Lipinski definition) is 2. The Morgan fingerprint density at radius 1 is 0.375 bits per heavy atom. The molecule has 1 spiro atoms. The average molecular weight is 908 g/mol. The minimum absolute atomic E-state index is 0.0691. The zero-order valence-electron chi connectivity index (χ0n) is 38.7. The Hall–Kier alpha value is -9.28. The summed E-state index contributed by atoms with van der Waals surface area (Å²) >= 11 is 0. The summed E-state index contributed by atoms with van der Waals surface area (Å²) in [6.45, 7) is 0. The molecule has 72 heavy (non-hydrogen) atoms. The topological polar surface area (TPSA) is 52.0 Å². The van der Waals surface area contributed by atoms with Crippen LogP contribution in [0.5, 0.6) is 0 Å². The highest BCUT2D eigenvalue weighted by Gasteiger charge is 2.70. The second kappa shape index (κ2) is 12.7. The molecule has 3 heteroatoms. The van der Waals surface area contributed by atoms with Gasteiger partial charge in [-0.2, -0.15) is 10.5 Å². The van der Waals surface area contributed by atoms with Gasteiger partial charge >= 0.3 is 0 Å². The number of fused-ring (bicyclic) bond motifs is 16. The van der Waals surface area contributed by atoms with Gasteiger partial charge in [0, 0.05) is 50.6 Å².